The summed E-state index contributed by atoms with van der Waals surface area (Å²) in [5.41, 5.74) is 5.62. The fourth-order valence-electron chi connectivity index (χ4n) is 4.41. The summed E-state index contributed by atoms with van der Waals surface area (Å²) in [4.78, 5) is 15.5. The van der Waals surface area contributed by atoms with Crippen LogP contribution in [0.1, 0.15) is 25.0 Å². The Morgan fingerprint density at radius 3 is 2.59 bits per heavy atom. The summed E-state index contributed by atoms with van der Waals surface area (Å²) in [6, 6.07) is 18.9. The number of pyridine rings is 1. The van der Waals surface area contributed by atoms with Crippen molar-refractivity contribution in [3.8, 4) is 0 Å². The molecule has 0 atom stereocenters. The molecule has 4 aromatic rings. The van der Waals surface area contributed by atoms with Crippen molar-refractivity contribution in [2.75, 3.05) is 11.9 Å². The lowest BCUT2D eigenvalue weighted by Gasteiger charge is -2.25. The molecular formula is C27H26N3OS+. The maximum Gasteiger partial charge on any atom is 0.271 e. The summed E-state index contributed by atoms with van der Waals surface area (Å²) in [5.74, 6) is 0. The number of likely N-dealkylation sites (N-methyl/N-ethyl adjacent to an activating group) is 1. The van der Waals surface area contributed by atoms with Gasteiger partial charge in [-0.05, 0) is 49.3 Å². The highest BCUT2D eigenvalue weighted by Gasteiger charge is 2.17. The van der Waals surface area contributed by atoms with Gasteiger partial charge in [-0.25, -0.2) is 0 Å². The van der Waals surface area contributed by atoms with E-state index in [1.54, 1.807) is 11.3 Å². The number of aryl methyl sites for hydroxylation is 1. The maximum atomic E-state index is 13.4. The van der Waals surface area contributed by atoms with Crippen molar-refractivity contribution < 1.29 is 4.57 Å². The molecule has 1 aliphatic rings. The van der Waals surface area contributed by atoms with Crippen LogP contribution in [0.3, 0.4) is 0 Å². The number of thiazole rings is 1. The van der Waals surface area contributed by atoms with E-state index in [1.165, 1.54) is 10.9 Å². The van der Waals surface area contributed by atoms with Crippen molar-refractivity contribution >= 4 is 45.8 Å². The molecule has 160 valence electrons. The van der Waals surface area contributed by atoms with Gasteiger partial charge in [0.1, 0.15) is 11.1 Å². The third-order valence-corrected chi connectivity index (χ3v) is 7.25. The van der Waals surface area contributed by atoms with Crippen LogP contribution in [0.4, 0.5) is 5.69 Å². The molecule has 1 aliphatic heterocycles. The molecule has 5 heteroatoms. The Morgan fingerprint density at radius 2 is 1.78 bits per heavy atom. The van der Waals surface area contributed by atoms with Crippen molar-refractivity contribution in [1.82, 2.24) is 4.57 Å². The molecule has 2 aromatic heterocycles. The summed E-state index contributed by atoms with van der Waals surface area (Å²) in [7, 11) is 2.03. The fourth-order valence-corrected chi connectivity index (χ4v) is 5.63. The molecule has 3 heterocycles. The lowest BCUT2D eigenvalue weighted by atomic mass is 10.1. The monoisotopic (exact) mass is 440 g/mol. The summed E-state index contributed by atoms with van der Waals surface area (Å²) in [6.07, 6.45) is 8.43. The molecule has 0 N–H and O–H groups in total. The summed E-state index contributed by atoms with van der Waals surface area (Å²) >= 11 is 1.57. The molecule has 0 saturated heterocycles. The van der Waals surface area contributed by atoms with Gasteiger partial charge in [-0.15, -0.1) is 11.3 Å². The van der Waals surface area contributed by atoms with Crippen molar-refractivity contribution in [3.63, 3.8) is 0 Å². The third kappa shape index (κ3) is 3.30. The number of para-hydroxylation sites is 2. The standard InChI is InChI=1S/C27H26N3OS/c1-4-29-17-16-20(21-11-7-9-13-23(21)29)18-25-30(5-2)27(31)26(32-25)24-15-14-19-10-6-8-12-22(19)28(24)3/h6-18H,4-5H2,1-3H3/q+1/b26-24+. The topological polar surface area (TPSA) is 29.1 Å². The van der Waals surface area contributed by atoms with Gasteiger partial charge < -0.3 is 4.90 Å². The van der Waals surface area contributed by atoms with Gasteiger partial charge in [-0.3, -0.25) is 9.36 Å². The van der Waals surface area contributed by atoms with E-state index in [-0.39, 0.29) is 5.56 Å². The van der Waals surface area contributed by atoms with Gasteiger partial charge in [-0.1, -0.05) is 36.4 Å². The predicted octanol–water partition coefficient (Wildman–Crippen LogP) is 3.49. The summed E-state index contributed by atoms with van der Waals surface area (Å²) in [5, 5.41) is 1.19. The minimum atomic E-state index is 0.0680. The number of hydrogen-bond acceptors (Lipinski definition) is 3. The van der Waals surface area contributed by atoms with Gasteiger partial charge in [-0.2, -0.15) is 4.57 Å². The zero-order valence-electron chi connectivity index (χ0n) is 18.6. The molecule has 5 rings (SSSR count). The second kappa shape index (κ2) is 8.24. The second-order valence-electron chi connectivity index (χ2n) is 7.87. The minimum Gasteiger partial charge on any atom is -0.343 e. The van der Waals surface area contributed by atoms with Gasteiger partial charge >= 0.3 is 0 Å². The van der Waals surface area contributed by atoms with Gasteiger partial charge in [0.15, 0.2) is 6.20 Å². The van der Waals surface area contributed by atoms with Crippen LogP contribution in [-0.2, 0) is 13.1 Å². The lowest BCUT2D eigenvalue weighted by Crippen LogP contribution is -2.35. The zero-order chi connectivity index (χ0) is 22.2. The molecule has 0 aliphatic carbocycles. The number of nitrogens with zero attached hydrogens (tertiary/aromatic N) is 3. The molecule has 0 unspecified atom stereocenters. The SMILES string of the molecule is CCn1c(=O)/c(=C2/C=Cc3ccccc3N2C)s/c1=C/c1cc[n+](CC)c2ccccc12. The first kappa shape index (κ1) is 20.5. The maximum absolute atomic E-state index is 13.4. The Bertz CT molecular complexity index is 1540. The zero-order valence-corrected chi connectivity index (χ0v) is 19.4. The number of hydrogen-bond donors (Lipinski definition) is 0. The van der Waals surface area contributed by atoms with Crippen LogP contribution in [0, 0.1) is 0 Å². The first-order valence-electron chi connectivity index (χ1n) is 11.0. The molecule has 0 bridgehead atoms. The van der Waals surface area contributed by atoms with Crippen molar-refractivity contribution in [3.05, 3.63) is 97.5 Å². The highest BCUT2D eigenvalue weighted by Crippen LogP contribution is 2.29. The highest BCUT2D eigenvalue weighted by atomic mass is 32.1. The number of rotatable bonds is 3. The van der Waals surface area contributed by atoms with Crippen LogP contribution < -0.4 is 24.2 Å². The third-order valence-electron chi connectivity index (χ3n) is 6.12. The Hall–Kier alpha value is -3.44. The van der Waals surface area contributed by atoms with Gasteiger partial charge in [0.25, 0.3) is 5.56 Å². The Balaban J connectivity index is 1.75. The first-order valence-corrected chi connectivity index (χ1v) is 11.8. The van der Waals surface area contributed by atoms with Crippen LogP contribution >= 0.6 is 11.3 Å². The van der Waals surface area contributed by atoms with Crippen LogP contribution in [-0.4, -0.2) is 11.6 Å². The highest BCUT2D eigenvalue weighted by molar-refractivity contribution is 7.07. The molecular weight excluding hydrogens is 414 g/mol. The van der Waals surface area contributed by atoms with Gasteiger partial charge in [0.2, 0.25) is 5.52 Å². The Kier molecular flexibility index (Phi) is 5.27. The molecule has 0 amide bonds. The molecule has 2 aromatic carbocycles. The Labute approximate surface area is 191 Å². The molecule has 0 spiro atoms. The quantitative estimate of drug-likeness (QED) is 0.457. The number of fused-ring (bicyclic) bond motifs is 2. The van der Waals surface area contributed by atoms with E-state index in [1.807, 2.05) is 30.7 Å². The van der Waals surface area contributed by atoms with E-state index >= 15 is 0 Å². The number of aromatic nitrogens is 2. The van der Waals surface area contributed by atoms with Crippen LogP contribution in [0.15, 0.2) is 71.7 Å². The van der Waals surface area contributed by atoms with E-state index < -0.39 is 0 Å². The Morgan fingerprint density at radius 1 is 1.00 bits per heavy atom. The van der Waals surface area contributed by atoms with E-state index in [0.717, 1.165) is 38.3 Å². The van der Waals surface area contributed by atoms with Gasteiger partial charge in [0.05, 0.1) is 15.7 Å². The van der Waals surface area contributed by atoms with E-state index in [0.29, 0.717) is 6.54 Å². The predicted molar refractivity (Wildman–Crippen MR) is 134 cm³/mol. The normalized spacial score (nSPS) is 15.5. The second-order valence-corrected chi connectivity index (χ2v) is 8.90. The lowest BCUT2D eigenvalue weighted by molar-refractivity contribution is -0.667. The van der Waals surface area contributed by atoms with E-state index in [4.69, 9.17) is 0 Å². The van der Waals surface area contributed by atoms with Crippen LogP contribution in [0.2, 0.25) is 0 Å². The van der Waals surface area contributed by atoms with Crippen molar-refractivity contribution in [2.45, 2.75) is 26.9 Å². The van der Waals surface area contributed by atoms with Crippen LogP contribution in [0.5, 0.6) is 0 Å². The molecule has 0 fully saturated rings. The number of anilines is 1. The first-order chi connectivity index (χ1) is 15.6. The minimum absolute atomic E-state index is 0.0680. The molecule has 4 nitrogen and oxygen atoms in total. The van der Waals surface area contributed by atoms with E-state index in [2.05, 4.69) is 83.3 Å². The summed E-state index contributed by atoms with van der Waals surface area (Å²) in [6.45, 7) is 5.74. The molecule has 32 heavy (non-hydrogen) atoms. The summed E-state index contributed by atoms with van der Waals surface area (Å²) < 4.78 is 5.87. The molecule has 0 saturated carbocycles. The van der Waals surface area contributed by atoms with Crippen molar-refractivity contribution in [2.24, 2.45) is 0 Å². The average Bonchev–Trinajstić information content (AvgIpc) is 3.14. The molecule has 0 radical (unpaired) electrons. The number of benzene rings is 2. The smallest absolute Gasteiger partial charge is 0.271 e. The van der Waals surface area contributed by atoms with E-state index in [9.17, 15) is 4.79 Å². The van der Waals surface area contributed by atoms with Crippen LogP contribution in [0.25, 0.3) is 28.8 Å². The fraction of sp³-hybridized carbons (Fsp3) is 0.185. The largest absolute Gasteiger partial charge is 0.343 e. The van der Waals surface area contributed by atoms with Gasteiger partial charge in [0, 0.05) is 31.4 Å². The average molecular weight is 441 g/mol. The van der Waals surface area contributed by atoms with Crippen molar-refractivity contribution in [1.29, 1.82) is 0 Å².